The van der Waals surface area contributed by atoms with Gasteiger partial charge in [-0.15, -0.1) is 0 Å². The van der Waals surface area contributed by atoms with Crippen molar-refractivity contribution in [3.05, 3.63) is 34.2 Å². The molecule has 98 valence electrons. The van der Waals surface area contributed by atoms with Gasteiger partial charge in [0, 0.05) is 11.5 Å². The van der Waals surface area contributed by atoms with E-state index in [1.54, 1.807) is 32.4 Å². The van der Waals surface area contributed by atoms with E-state index in [-0.39, 0.29) is 0 Å². The Morgan fingerprint density at radius 3 is 2.67 bits per heavy atom. The number of rotatable bonds is 7. The van der Waals surface area contributed by atoms with Crippen LogP contribution in [0.4, 0.5) is 0 Å². The monoisotopic (exact) mass is 251 g/mol. The van der Waals surface area contributed by atoms with Crippen molar-refractivity contribution < 1.29 is 14.6 Å². The molecule has 1 unspecified atom stereocenters. The summed E-state index contributed by atoms with van der Waals surface area (Å²) in [7, 11) is 3.11. The lowest BCUT2D eigenvalue weighted by Crippen LogP contribution is -2.00. The molecule has 0 fully saturated rings. The van der Waals surface area contributed by atoms with Crippen molar-refractivity contribution in [2.75, 3.05) is 20.8 Å². The Balaban J connectivity index is 2.67. The molecule has 0 bridgehead atoms. The molecule has 0 heterocycles. The second-order valence-electron chi connectivity index (χ2n) is 3.73. The number of hydrogen-bond acceptors (Lipinski definition) is 4. The molecule has 0 aromatic heterocycles. The highest BCUT2D eigenvalue weighted by Gasteiger charge is 2.11. The van der Waals surface area contributed by atoms with Crippen LogP contribution in [0.2, 0.25) is 0 Å². The first kappa shape index (κ1) is 14.2. The van der Waals surface area contributed by atoms with Gasteiger partial charge in [0.25, 0.3) is 0 Å². The normalized spacial score (nSPS) is 11.5. The van der Waals surface area contributed by atoms with Gasteiger partial charge in [0.1, 0.15) is 0 Å². The molecule has 6 heteroatoms. The fraction of sp³-hybridized carbons (Fsp3) is 0.500. The molecule has 0 aliphatic rings. The maximum Gasteiger partial charge on any atom is 0.161 e. The number of aliphatic hydroxyl groups excluding tert-OH is 1. The average Bonchev–Trinajstić information content (AvgIpc) is 2.42. The van der Waals surface area contributed by atoms with Gasteiger partial charge in [0.2, 0.25) is 0 Å². The lowest BCUT2D eigenvalue weighted by molar-refractivity contribution is 0.165. The van der Waals surface area contributed by atoms with Gasteiger partial charge < -0.3 is 14.6 Å². The second kappa shape index (κ2) is 7.42. The Kier molecular flexibility index (Phi) is 5.84. The average molecular weight is 251 g/mol. The van der Waals surface area contributed by atoms with Gasteiger partial charge in [0.15, 0.2) is 11.5 Å². The Morgan fingerprint density at radius 1 is 1.33 bits per heavy atom. The third-order valence-corrected chi connectivity index (χ3v) is 2.59. The van der Waals surface area contributed by atoms with Crippen molar-refractivity contribution >= 4 is 0 Å². The summed E-state index contributed by atoms with van der Waals surface area (Å²) in [5, 5.41) is 13.4. The summed E-state index contributed by atoms with van der Waals surface area (Å²) in [5.74, 6) is 1.21. The highest BCUT2D eigenvalue weighted by Crippen LogP contribution is 2.31. The number of hydrogen-bond donors (Lipinski definition) is 1. The zero-order valence-corrected chi connectivity index (χ0v) is 10.5. The van der Waals surface area contributed by atoms with Crippen LogP contribution in [0.25, 0.3) is 10.4 Å². The summed E-state index contributed by atoms with van der Waals surface area (Å²) in [6, 6.07) is 5.29. The van der Waals surface area contributed by atoms with Crippen LogP contribution in [-0.2, 0) is 0 Å². The van der Waals surface area contributed by atoms with Crippen LogP contribution in [0.1, 0.15) is 24.5 Å². The van der Waals surface area contributed by atoms with E-state index in [4.69, 9.17) is 15.0 Å². The molecule has 0 saturated carbocycles. The number of azide groups is 1. The summed E-state index contributed by atoms with van der Waals surface area (Å²) < 4.78 is 10.3. The molecule has 6 nitrogen and oxygen atoms in total. The molecular formula is C12H17N3O3. The van der Waals surface area contributed by atoms with Gasteiger partial charge in [-0.3, -0.25) is 0 Å². The van der Waals surface area contributed by atoms with Crippen molar-refractivity contribution in [1.82, 2.24) is 0 Å². The minimum Gasteiger partial charge on any atom is -0.493 e. The van der Waals surface area contributed by atoms with Gasteiger partial charge in [-0.25, -0.2) is 0 Å². The molecule has 0 aliphatic carbocycles. The Bertz CT molecular complexity index is 431. The number of benzene rings is 1. The smallest absolute Gasteiger partial charge is 0.161 e. The summed E-state index contributed by atoms with van der Waals surface area (Å²) in [5.41, 5.74) is 8.90. The van der Waals surface area contributed by atoms with E-state index in [9.17, 15) is 5.11 Å². The molecule has 1 aromatic carbocycles. The van der Waals surface area contributed by atoms with E-state index >= 15 is 0 Å². The number of nitrogens with zero attached hydrogens (tertiary/aromatic N) is 3. The summed E-state index contributed by atoms with van der Waals surface area (Å²) in [4.78, 5) is 2.66. The lowest BCUT2D eigenvalue weighted by atomic mass is 10.0. The predicted octanol–water partition coefficient (Wildman–Crippen LogP) is 2.83. The van der Waals surface area contributed by atoms with Crippen molar-refractivity contribution in [2.24, 2.45) is 5.11 Å². The quantitative estimate of drug-likeness (QED) is 0.350. The third-order valence-electron chi connectivity index (χ3n) is 2.59. The fourth-order valence-electron chi connectivity index (χ4n) is 1.63. The van der Waals surface area contributed by atoms with E-state index in [0.717, 1.165) is 5.56 Å². The summed E-state index contributed by atoms with van der Waals surface area (Å²) in [6.45, 7) is 0.390. The molecular weight excluding hydrogens is 234 g/mol. The SMILES string of the molecule is COc1ccc(C(O)CCCN=[N+]=[N-])cc1OC. The van der Waals surface area contributed by atoms with E-state index in [1.807, 2.05) is 0 Å². The Labute approximate surface area is 106 Å². The van der Waals surface area contributed by atoms with Crippen molar-refractivity contribution in [3.63, 3.8) is 0 Å². The molecule has 18 heavy (non-hydrogen) atoms. The first-order valence-electron chi connectivity index (χ1n) is 5.63. The largest absolute Gasteiger partial charge is 0.493 e. The third kappa shape index (κ3) is 3.84. The molecule has 0 saturated heterocycles. The lowest BCUT2D eigenvalue weighted by Gasteiger charge is -2.13. The standard InChI is InChI=1S/C12H17N3O3/c1-17-11-6-5-9(8-12(11)18-2)10(16)4-3-7-14-15-13/h5-6,8,10,16H,3-4,7H2,1-2H3. The fourth-order valence-corrected chi connectivity index (χ4v) is 1.63. The molecule has 1 N–H and O–H groups in total. The van der Waals surface area contributed by atoms with Crippen LogP contribution in [0.5, 0.6) is 11.5 Å². The first-order chi connectivity index (χ1) is 8.72. The molecule has 0 radical (unpaired) electrons. The van der Waals surface area contributed by atoms with Crippen molar-refractivity contribution in [2.45, 2.75) is 18.9 Å². The van der Waals surface area contributed by atoms with Crippen molar-refractivity contribution in [3.8, 4) is 11.5 Å². The molecule has 1 atom stereocenters. The van der Waals surface area contributed by atoms with Gasteiger partial charge in [-0.05, 0) is 36.1 Å². The first-order valence-corrected chi connectivity index (χ1v) is 5.63. The van der Waals surface area contributed by atoms with E-state index in [0.29, 0.717) is 30.9 Å². The molecule has 1 aromatic rings. The van der Waals surface area contributed by atoms with Gasteiger partial charge in [-0.1, -0.05) is 11.2 Å². The van der Waals surface area contributed by atoms with Crippen LogP contribution in [0.15, 0.2) is 23.3 Å². The summed E-state index contributed by atoms with van der Waals surface area (Å²) >= 11 is 0. The second-order valence-corrected chi connectivity index (χ2v) is 3.73. The van der Waals surface area contributed by atoms with E-state index in [2.05, 4.69) is 10.0 Å². The zero-order chi connectivity index (χ0) is 13.4. The van der Waals surface area contributed by atoms with Crippen LogP contribution < -0.4 is 9.47 Å². The van der Waals surface area contributed by atoms with E-state index in [1.165, 1.54) is 0 Å². The zero-order valence-electron chi connectivity index (χ0n) is 10.5. The van der Waals surface area contributed by atoms with Crippen LogP contribution >= 0.6 is 0 Å². The molecule has 1 rings (SSSR count). The minimum atomic E-state index is -0.598. The predicted molar refractivity (Wildman–Crippen MR) is 67.8 cm³/mol. The van der Waals surface area contributed by atoms with Crippen LogP contribution in [0, 0.1) is 0 Å². The molecule has 0 amide bonds. The molecule has 0 aliphatic heterocycles. The van der Waals surface area contributed by atoms with Gasteiger partial charge in [0.05, 0.1) is 20.3 Å². The number of aliphatic hydroxyl groups is 1. The minimum absolute atomic E-state index is 0.390. The van der Waals surface area contributed by atoms with E-state index < -0.39 is 6.10 Å². The maximum absolute atomic E-state index is 9.97. The Morgan fingerprint density at radius 2 is 2.06 bits per heavy atom. The van der Waals surface area contributed by atoms with Gasteiger partial charge >= 0.3 is 0 Å². The highest BCUT2D eigenvalue weighted by molar-refractivity contribution is 5.43. The van der Waals surface area contributed by atoms with Crippen molar-refractivity contribution in [1.29, 1.82) is 0 Å². The topological polar surface area (TPSA) is 87.5 Å². The highest BCUT2D eigenvalue weighted by atomic mass is 16.5. The Hall–Kier alpha value is -1.91. The summed E-state index contributed by atoms with van der Waals surface area (Å²) in [6.07, 6.45) is 0.576. The van der Waals surface area contributed by atoms with Gasteiger partial charge in [-0.2, -0.15) is 0 Å². The maximum atomic E-state index is 9.97. The van der Waals surface area contributed by atoms with Crippen LogP contribution in [0.3, 0.4) is 0 Å². The molecule has 0 spiro atoms. The van der Waals surface area contributed by atoms with Crippen LogP contribution in [-0.4, -0.2) is 25.9 Å². The number of methoxy groups -OCH3 is 2. The number of ether oxygens (including phenoxy) is 2.